The zero-order valence-electron chi connectivity index (χ0n) is 12.6. The predicted octanol–water partition coefficient (Wildman–Crippen LogP) is 3.82. The van der Waals surface area contributed by atoms with Crippen molar-refractivity contribution in [3.63, 3.8) is 0 Å². The van der Waals surface area contributed by atoms with Crippen molar-refractivity contribution in [3.05, 3.63) is 18.2 Å². The maximum atomic E-state index is 6.03. The SMILES string of the molecule is CC(C)Oc1cc(N2CCCC3CCCC32)ccc1N. The number of ether oxygens (including phenoxy) is 1. The van der Waals surface area contributed by atoms with Crippen LogP contribution in [0.1, 0.15) is 46.0 Å². The molecule has 1 aromatic carbocycles. The summed E-state index contributed by atoms with van der Waals surface area (Å²) in [7, 11) is 0. The normalized spacial score (nSPS) is 25.9. The Hall–Kier alpha value is -1.38. The Balaban J connectivity index is 1.85. The fourth-order valence-electron chi connectivity index (χ4n) is 3.83. The molecule has 3 heteroatoms. The molecule has 1 aliphatic carbocycles. The van der Waals surface area contributed by atoms with Crippen molar-refractivity contribution >= 4 is 11.4 Å². The van der Waals surface area contributed by atoms with E-state index in [1.54, 1.807) is 0 Å². The van der Waals surface area contributed by atoms with Gasteiger partial charge in [-0.3, -0.25) is 0 Å². The van der Waals surface area contributed by atoms with Gasteiger partial charge in [-0.05, 0) is 57.6 Å². The van der Waals surface area contributed by atoms with Crippen LogP contribution in [0.25, 0.3) is 0 Å². The Labute approximate surface area is 122 Å². The summed E-state index contributed by atoms with van der Waals surface area (Å²) in [5.74, 6) is 1.73. The molecule has 0 aromatic heterocycles. The second-order valence-corrected chi connectivity index (χ2v) is 6.48. The topological polar surface area (TPSA) is 38.5 Å². The Morgan fingerprint density at radius 2 is 2.00 bits per heavy atom. The first kappa shape index (κ1) is 13.6. The number of fused-ring (bicyclic) bond motifs is 1. The molecule has 0 radical (unpaired) electrons. The van der Waals surface area contributed by atoms with Gasteiger partial charge in [0, 0.05) is 24.3 Å². The fourth-order valence-corrected chi connectivity index (χ4v) is 3.83. The van der Waals surface area contributed by atoms with Gasteiger partial charge in [-0.25, -0.2) is 0 Å². The van der Waals surface area contributed by atoms with Crippen LogP contribution >= 0.6 is 0 Å². The van der Waals surface area contributed by atoms with Gasteiger partial charge in [0.05, 0.1) is 11.8 Å². The number of piperidine rings is 1. The second kappa shape index (κ2) is 5.55. The third-order valence-electron chi connectivity index (χ3n) is 4.68. The molecule has 0 bridgehead atoms. The zero-order chi connectivity index (χ0) is 14.1. The number of nitrogens with zero attached hydrogens (tertiary/aromatic N) is 1. The molecule has 2 atom stereocenters. The quantitative estimate of drug-likeness (QED) is 0.851. The van der Waals surface area contributed by atoms with Gasteiger partial charge in [-0.15, -0.1) is 0 Å². The number of nitrogen functional groups attached to an aromatic ring is 1. The molecule has 3 rings (SSSR count). The molecule has 0 amide bonds. The summed E-state index contributed by atoms with van der Waals surface area (Å²) < 4.78 is 5.84. The van der Waals surface area contributed by atoms with E-state index in [1.165, 1.54) is 44.3 Å². The number of anilines is 2. The average Bonchev–Trinajstić information content (AvgIpc) is 2.89. The number of rotatable bonds is 3. The van der Waals surface area contributed by atoms with Crippen molar-refractivity contribution < 1.29 is 4.74 Å². The van der Waals surface area contributed by atoms with Crippen molar-refractivity contribution in [1.82, 2.24) is 0 Å². The molecule has 2 fully saturated rings. The minimum absolute atomic E-state index is 0.160. The molecular weight excluding hydrogens is 248 g/mol. The molecule has 1 saturated heterocycles. The smallest absolute Gasteiger partial charge is 0.144 e. The molecule has 1 heterocycles. The first-order chi connectivity index (χ1) is 9.65. The molecule has 2 unspecified atom stereocenters. The van der Waals surface area contributed by atoms with E-state index in [-0.39, 0.29) is 6.10 Å². The highest BCUT2D eigenvalue weighted by Crippen LogP contribution is 2.40. The molecule has 1 saturated carbocycles. The van der Waals surface area contributed by atoms with Gasteiger partial charge >= 0.3 is 0 Å². The Kier molecular flexibility index (Phi) is 3.77. The summed E-state index contributed by atoms with van der Waals surface area (Å²) in [4.78, 5) is 2.59. The van der Waals surface area contributed by atoms with E-state index >= 15 is 0 Å². The van der Waals surface area contributed by atoms with Crippen LogP contribution in [-0.4, -0.2) is 18.7 Å². The van der Waals surface area contributed by atoms with E-state index < -0.39 is 0 Å². The second-order valence-electron chi connectivity index (χ2n) is 6.48. The van der Waals surface area contributed by atoms with Crippen LogP contribution in [0.2, 0.25) is 0 Å². The molecule has 2 aliphatic rings. The van der Waals surface area contributed by atoms with Crippen LogP contribution in [0, 0.1) is 5.92 Å². The van der Waals surface area contributed by atoms with Gasteiger partial charge < -0.3 is 15.4 Å². The van der Waals surface area contributed by atoms with Crippen molar-refractivity contribution in [3.8, 4) is 5.75 Å². The Morgan fingerprint density at radius 1 is 1.20 bits per heavy atom. The maximum absolute atomic E-state index is 6.03. The van der Waals surface area contributed by atoms with Gasteiger partial charge in [0.15, 0.2) is 0 Å². The zero-order valence-corrected chi connectivity index (χ0v) is 12.6. The monoisotopic (exact) mass is 274 g/mol. The Morgan fingerprint density at radius 3 is 2.80 bits per heavy atom. The molecule has 2 N–H and O–H groups in total. The minimum atomic E-state index is 0.160. The summed E-state index contributed by atoms with van der Waals surface area (Å²) in [6, 6.07) is 7.02. The van der Waals surface area contributed by atoms with E-state index in [4.69, 9.17) is 10.5 Å². The first-order valence-corrected chi connectivity index (χ1v) is 7.98. The van der Waals surface area contributed by atoms with E-state index in [0.29, 0.717) is 0 Å². The van der Waals surface area contributed by atoms with E-state index in [9.17, 15) is 0 Å². The predicted molar refractivity (Wildman–Crippen MR) is 84.3 cm³/mol. The van der Waals surface area contributed by atoms with Crippen molar-refractivity contribution in [1.29, 1.82) is 0 Å². The van der Waals surface area contributed by atoms with Crippen LogP contribution in [-0.2, 0) is 0 Å². The molecule has 1 aliphatic heterocycles. The summed E-state index contributed by atoms with van der Waals surface area (Å²) >= 11 is 0. The van der Waals surface area contributed by atoms with Gasteiger partial charge in [0.25, 0.3) is 0 Å². The lowest BCUT2D eigenvalue weighted by Gasteiger charge is -2.39. The van der Waals surface area contributed by atoms with E-state index in [0.717, 1.165) is 23.4 Å². The number of nitrogens with two attached hydrogens (primary N) is 1. The summed E-state index contributed by atoms with van der Waals surface area (Å²) in [5.41, 5.74) is 8.05. The van der Waals surface area contributed by atoms with Crippen LogP contribution in [0.5, 0.6) is 5.75 Å². The summed E-state index contributed by atoms with van der Waals surface area (Å²) in [5, 5.41) is 0. The van der Waals surface area contributed by atoms with E-state index in [2.05, 4.69) is 17.0 Å². The highest BCUT2D eigenvalue weighted by Gasteiger charge is 2.35. The Bertz CT molecular complexity index is 472. The van der Waals surface area contributed by atoms with Gasteiger partial charge in [0.2, 0.25) is 0 Å². The fraction of sp³-hybridized carbons (Fsp3) is 0.647. The van der Waals surface area contributed by atoms with E-state index in [1.807, 2.05) is 19.9 Å². The van der Waals surface area contributed by atoms with Gasteiger partial charge in [0.1, 0.15) is 5.75 Å². The minimum Gasteiger partial charge on any atom is -0.489 e. The molecule has 1 aromatic rings. The lowest BCUT2D eigenvalue weighted by Crippen LogP contribution is -2.42. The standard InChI is InChI=1S/C17H26N2O/c1-12(2)20-17-11-14(8-9-15(17)18)19-10-4-6-13-5-3-7-16(13)19/h8-9,11-13,16H,3-7,10,18H2,1-2H3. The molecule has 3 nitrogen and oxygen atoms in total. The highest BCUT2D eigenvalue weighted by atomic mass is 16.5. The number of benzene rings is 1. The highest BCUT2D eigenvalue weighted by molar-refractivity contribution is 5.63. The van der Waals surface area contributed by atoms with Crippen molar-refractivity contribution in [2.24, 2.45) is 5.92 Å². The maximum Gasteiger partial charge on any atom is 0.144 e. The largest absolute Gasteiger partial charge is 0.489 e. The number of hydrogen-bond acceptors (Lipinski definition) is 3. The third-order valence-corrected chi connectivity index (χ3v) is 4.68. The summed E-state index contributed by atoms with van der Waals surface area (Å²) in [6.07, 6.45) is 7.02. The van der Waals surface area contributed by atoms with Gasteiger partial charge in [-0.1, -0.05) is 6.42 Å². The van der Waals surface area contributed by atoms with Crippen molar-refractivity contribution in [2.75, 3.05) is 17.2 Å². The molecule has 20 heavy (non-hydrogen) atoms. The van der Waals surface area contributed by atoms with Crippen LogP contribution in [0.4, 0.5) is 11.4 Å². The lowest BCUT2D eigenvalue weighted by molar-refractivity contribution is 0.244. The van der Waals surface area contributed by atoms with Crippen LogP contribution < -0.4 is 15.4 Å². The molecular formula is C17H26N2O. The van der Waals surface area contributed by atoms with Gasteiger partial charge in [-0.2, -0.15) is 0 Å². The van der Waals surface area contributed by atoms with Crippen LogP contribution in [0.15, 0.2) is 18.2 Å². The first-order valence-electron chi connectivity index (χ1n) is 7.98. The lowest BCUT2D eigenvalue weighted by atomic mass is 9.91. The molecule has 110 valence electrons. The number of hydrogen-bond donors (Lipinski definition) is 1. The molecule has 0 spiro atoms. The summed E-state index contributed by atoms with van der Waals surface area (Å²) in [6.45, 7) is 5.26. The van der Waals surface area contributed by atoms with Crippen LogP contribution in [0.3, 0.4) is 0 Å². The average molecular weight is 274 g/mol. The van der Waals surface area contributed by atoms with Crippen molar-refractivity contribution in [2.45, 2.75) is 58.1 Å². The third kappa shape index (κ3) is 2.58.